The van der Waals surface area contributed by atoms with Crippen LogP contribution in [0.1, 0.15) is 33.5 Å². The van der Waals surface area contributed by atoms with E-state index in [1.165, 1.54) is 0 Å². The van der Waals surface area contributed by atoms with E-state index >= 15 is 0 Å². The normalized spacial score (nSPS) is 11.2. The molecule has 0 aliphatic rings. The number of hydrogen-bond acceptors (Lipinski definition) is 5. The molecule has 0 aliphatic heterocycles. The number of anilines is 1. The van der Waals surface area contributed by atoms with E-state index in [9.17, 15) is 0 Å². The van der Waals surface area contributed by atoms with Crippen LogP contribution in [-0.4, -0.2) is 16.6 Å². The van der Waals surface area contributed by atoms with E-state index in [1.807, 2.05) is 52.0 Å². The molecule has 0 bridgehead atoms. The molecule has 2 aromatic rings. The van der Waals surface area contributed by atoms with Crippen LogP contribution in [0.25, 0.3) is 0 Å². The van der Waals surface area contributed by atoms with Crippen molar-refractivity contribution in [1.29, 1.82) is 0 Å². The molecule has 0 fully saturated rings. The number of nitrogen functional groups attached to an aromatic ring is 1. The molecular formula is C16H21N3O2. The second-order valence-corrected chi connectivity index (χ2v) is 5.69. The summed E-state index contributed by atoms with van der Waals surface area (Å²) < 4.78 is 11.4. The lowest BCUT2D eigenvalue weighted by Crippen LogP contribution is -2.17. The molecule has 0 aliphatic carbocycles. The van der Waals surface area contributed by atoms with Gasteiger partial charge >= 0.3 is 0 Å². The molecule has 0 spiro atoms. The standard InChI is InChI=1S/C16H21N3O2/c1-5-20-11-8-6-7-9-12(11)21-14-10-13(17)18-15(19-14)16(2,3)4/h6-10H,5H2,1-4H3,(H2,17,18,19). The minimum atomic E-state index is -0.201. The third-order valence-electron chi connectivity index (χ3n) is 2.76. The Bertz CT molecular complexity index is 621. The molecule has 0 radical (unpaired) electrons. The van der Waals surface area contributed by atoms with Gasteiger partial charge in [-0.25, -0.2) is 4.98 Å². The van der Waals surface area contributed by atoms with Crippen LogP contribution in [0, 0.1) is 0 Å². The maximum absolute atomic E-state index is 5.84. The van der Waals surface area contributed by atoms with Crippen LogP contribution in [0.15, 0.2) is 30.3 Å². The monoisotopic (exact) mass is 287 g/mol. The van der Waals surface area contributed by atoms with Crippen molar-refractivity contribution in [2.75, 3.05) is 12.3 Å². The van der Waals surface area contributed by atoms with Gasteiger partial charge < -0.3 is 15.2 Å². The number of nitrogens with two attached hydrogens (primary N) is 1. The van der Waals surface area contributed by atoms with Crippen LogP contribution in [-0.2, 0) is 5.41 Å². The molecule has 21 heavy (non-hydrogen) atoms. The summed E-state index contributed by atoms with van der Waals surface area (Å²) in [5, 5.41) is 0. The van der Waals surface area contributed by atoms with Crippen LogP contribution in [0.2, 0.25) is 0 Å². The first-order chi connectivity index (χ1) is 9.90. The highest BCUT2D eigenvalue weighted by molar-refractivity contribution is 5.43. The average Bonchev–Trinajstić information content (AvgIpc) is 2.40. The summed E-state index contributed by atoms with van der Waals surface area (Å²) >= 11 is 0. The summed E-state index contributed by atoms with van der Waals surface area (Å²) in [4.78, 5) is 8.69. The Kier molecular flexibility index (Phi) is 4.31. The van der Waals surface area contributed by atoms with Crippen molar-refractivity contribution in [3.8, 4) is 17.4 Å². The molecule has 0 saturated carbocycles. The summed E-state index contributed by atoms with van der Waals surface area (Å²) in [6.07, 6.45) is 0. The molecule has 0 amide bonds. The second kappa shape index (κ2) is 5.99. The van der Waals surface area contributed by atoms with Gasteiger partial charge in [0.2, 0.25) is 5.88 Å². The fraction of sp³-hybridized carbons (Fsp3) is 0.375. The van der Waals surface area contributed by atoms with E-state index in [1.54, 1.807) is 6.07 Å². The van der Waals surface area contributed by atoms with Crippen LogP contribution >= 0.6 is 0 Å². The molecule has 5 nitrogen and oxygen atoms in total. The van der Waals surface area contributed by atoms with Gasteiger partial charge in [-0.2, -0.15) is 4.98 Å². The molecule has 5 heteroatoms. The molecule has 0 unspecified atom stereocenters. The summed E-state index contributed by atoms with van der Waals surface area (Å²) in [6.45, 7) is 8.58. The SMILES string of the molecule is CCOc1ccccc1Oc1cc(N)nc(C(C)(C)C)n1. The maximum Gasteiger partial charge on any atom is 0.224 e. The summed E-state index contributed by atoms with van der Waals surface area (Å²) in [6, 6.07) is 9.08. The van der Waals surface area contributed by atoms with Gasteiger partial charge in [-0.15, -0.1) is 0 Å². The zero-order valence-electron chi connectivity index (χ0n) is 12.9. The average molecular weight is 287 g/mol. The Hall–Kier alpha value is -2.30. The van der Waals surface area contributed by atoms with E-state index in [-0.39, 0.29) is 5.41 Å². The first kappa shape index (κ1) is 15.1. The highest BCUT2D eigenvalue weighted by Crippen LogP contribution is 2.31. The Morgan fingerprint density at radius 1 is 1.10 bits per heavy atom. The van der Waals surface area contributed by atoms with Gasteiger partial charge in [-0.3, -0.25) is 0 Å². The van der Waals surface area contributed by atoms with Crippen LogP contribution < -0.4 is 15.2 Å². The third-order valence-corrected chi connectivity index (χ3v) is 2.76. The highest BCUT2D eigenvalue weighted by Gasteiger charge is 2.19. The Morgan fingerprint density at radius 3 is 2.38 bits per heavy atom. The van der Waals surface area contributed by atoms with Crippen molar-refractivity contribution in [2.24, 2.45) is 0 Å². The first-order valence-corrected chi connectivity index (χ1v) is 6.95. The smallest absolute Gasteiger partial charge is 0.224 e. The molecule has 1 aromatic heterocycles. The van der Waals surface area contributed by atoms with Crippen molar-refractivity contribution in [1.82, 2.24) is 9.97 Å². The number of ether oxygens (including phenoxy) is 2. The lowest BCUT2D eigenvalue weighted by molar-refractivity contribution is 0.319. The van der Waals surface area contributed by atoms with E-state index in [2.05, 4.69) is 9.97 Å². The minimum Gasteiger partial charge on any atom is -0.490 e. The molecule has 0 saturated heterocycles. The largest absolute Gasteiger partial charge is 0.490 e. The van der Waals surface area contributed by atoms with E-state index in [0.717, 1.165) is 0 Å². The number of hydrogen-bond donors (Lipinski definition) is 1. The van der Waals surface area contributed by atoms with Crippen molar-refractivity contribution in [3.63, 3.8) is 0 Å². The van der Waals surface area contributed by atoms with Gasteiger partial charge in [-0.05, 0) is 19.1 Å². The van der Waals surface area contributed by atoms with Crippen molar-refractivity contribution in [3.05, 3.63) is 36.2 Å². The molecule has 2 rings (SSSR count). The van der Waals surface area contributed by atoms with Crippen LogP contribution in [0.4, 0.5) is 5.82 Å². The fourth-order valence-electron chi connectivity index (χ4n) is 1.75. The summed E-state index contributed by atoms with van der Waals surface area (Å²) in [5.41, 5.74) is 5.64. The van der Waals surface area contributed by atoms with Gasteiger partial charge in [0.1, 0.15) is 11.6 Å². The van der Waals surface area contributed by atoms with Crippen LogP contribution in [0.5, 0.6) is 17.4 Å². The Morgan fingerprint density at radius 2 is 1.76 bits per heavy atom. The summed E-state index contributed by atoms with van der Waals surface area (Å²) in [5.74, 6) is 2.73. The van der Waals surface area contributed by atoms with E-state index in [0.29, 0.717) is 35.6 Å². The zero-order valence-corrected chi connectivity index (χ0v) is 12.9. The number of aromatic nitrogens is 2. The topological polar surface area (TPSA) is 70.3 Å². The predicted molar refractivity (Wildman–Crippen MR) is 82.8 cm³/mol. The quantitative estimate of drug-likeness (QED) is 0.931. The predicted octanol–water partition coefficient (Wildman–Crippen LogP) is 3.55. The third kappa shape index (κ3) is 3.84. The first-order valence-electron chi connectivity index (χ1n) is 6.95. The zero-order chi connectivity index (χ0) is 15.5. The second-order valence-electron chi connectivity index (χ2n) is 5.69. The number of benzene rings is 1. The molecule has 0 atom stereocenters. The van der Waals surface area contributed by atoms with Gasteiger partial charge in [0.05, 0.1) is 6.61 Å². The van der Waals surface area contributed by atoms with Gasteiger partial charge in [-0.1, -0.05) is 32.9 Å². The maximum atomic E-state index is 5.84. The Balaban J connectivity index is 2.34. The van der Waals surface area contributed by atoms with Gasteiger partial charge in [0.25, 0.3) is 0 Å². The van der Waals surface area contributed by atoms with Crippen molar-refractivity contribution < 1.29 is 9.47 Å². The number of rotatable bonds is 4. The van der Waals surface area contributed by atoms with Crippen molar-refractivity contribution in [2.45, 2.75) is 33.1 Å². The molecule has 112 valence electrons. The number of nitrogens with zero attached hydrogens (tertiary/aromatic N) is 2. The van der Waals surface area contributed by atoms with E-state index in [4.69, 9.17) is 15.2 Å². The van der Waals surface area contributed by atoms with Crippen molar-refractivity contribution >= 4 is 5.82 Å². The molecule has 1 heterocycles. The Labute approximate surface area is 125 Å². The highest BCUT2D eigenvalue weighted by atomic mass is 16.5. The van der Waals surface area contributed by atoms with Crippen LogP contribution in [0.3, 0.4) is 0 Å². The molecule has 2 N–H and O–H groups in total. The van der Waals surface area contributed by atoms with Gasteiger partial charge in [0, 0.05) is 11.5 Å². The fourth-order valence-corrected chi connectivity index (χ4v) is 1.75. The minimum absolute atomic E-state index is 0.201. The lowest BCUT2D eigenvalue weighted by Gasteiger charge is -2.18. The molecule has 1 aromatic carbocycles. The number of para-hydroxylation sites is 2. The summed E-state index contributed by atoms with van der Waals surface area (Å²) in [7, 11) is 0. The molecular weight excluding hydrogens is 266 g/mol. The lowest BCUT2D eigenvalue weighted by atomic mass is 9.96. The van der Waals surface area contributed by atoms with E-state index < -0.39 is 0 Å². The van der Waals surface area contributed by atoms with Gasteiger partial charge in [0.15, 0.2) is 11.5 Å².